The highest BCUT2D eigenvalue weighted by Crippen LogP contribution is 2.37. The van der Waals surface area contributed by atoms with E-state index in [1.165, 1.54) is 0 Å². The van der Waals surface area contributed by atoms with Gasteiger partial charge < -0.3 is 15.7 Å². The Balaban J connectivity index is 2.04. The standard InChI is InChI=1S/C14H18N2O3/c1-14(2)10-7-9(8-15-6-5-12(17)18)3-4-11(10)16-13(14)19/h3-4,7,15H,5-6,8H2,1-2H3,(H,16,19)(H,17,18). The number of aliphatic carboxylic acids is 1. The molecule has 1 heterocycles. The molecule has 19 heavy (non-hydrogen) atoms. The lowest BCUT2D eigenvalue weighted by Crippen LogP contribution is -2.27. The van der Waals surface area contributed by atoms with E-state index in [0.717, 1.165) is 16.8 Å². The van der Waals surface area contributed by atoms with Crippen LogP contribution in [-0.4, -0.2) is 23.5 Å². The predicted molar refractivity (Wildman–Crippen MR) is 72.1 cm³/mol. The summed E-state index contributed by atoms with van der Waals surface area (Å²) in [5, 5.41) is 14.5. The average molecular weight is 262 g/mol. The molecule has 0 aromatic heterocycles. The first-order valence-corrected chi connectivity index (χ1v) is 6.28. The highest BCUT2D eigenvalue weighted by atomic mass is 16.4. The SMILES string of the molecule is CC1(C)C(=O)Nc2ccc(CNCCC(=O)O)cc21. The quantitative estimate of drug-likeness (QED) is 0.702. The van der Waals surface area contributed by atoms with Gasteiger partial charge in [0.1, 0.15) is 0 Å². The third kappa shape index (κ3) is 2.76. The van der Waals surface area contributed by atoms with E-state index in [1.54, 1.807) is 0 Å². The second-order valence-corrected chi connectivity index (χ2v) is 5.28. The van der Waals surface area contributed by atoms with Crippen LogP contribution in [0.4, 0.5) is 5.69 Å². The van der Waals surface area contributed by atoms with Gasteiger partial charge in [0.05, 0.1) is 11.8 Å². The molecular weight excluding hydrogens is 244 g/mol. The molecule has 0 bridgehead atoms. The third-order valence-electron chi connectivity index (χ3n) is 3.42. The first-order valence-electron chi connectivity index (χ1n) is 6.28. The van der Waals surface area contributed by atoms with E-state index in [9.17, 15) is 9.59 Å². The molecule has 102 valence electrons. The number of hydrogen-bond acceptors (Lipinski definition) is 3. The average Bonchev–Trinajstić information content (AvgIpc) is 2.56. The number of rotatable bonds is 5. The number of amides is 1. The first-order chi connectivity index (χ1) is 8.91. The summed E-state index contributed by atoms with van der Waals surface area (Å²) in [6.07, 6.45) is 0.108. The van der Waals surface area contributed by atoms with Gasteiger partial charge in [-0.2, -0.15) is 0 Å². The molecule has 0 saturated carbocycles. The Hall–Kier alpha value is -1.88. The van der Waals surface area contributed by atoms with E-state index < -0.39 is 11.4 Å². The Morgan fingerprint density at radius 3 is 2.84 bits per heavy atom. The summed E-state index contributed by atoms with van der Waals surface area (Å²) in [5.41, 5.74) is 2.40. The van der Waals surface area contributed by atoms with Crippen molar-refractivity contribution in [1.82, 2.24) is 5.32 Å². The van der Waals surface area contributed by atoms with Gasteiger partial charge in [0, 0.05) is 18.8 Å². The summed E-state index contributed by atoms with van der Waals surface area (Å²) < 4.78 is 0. The molecule has 0 unspecified atom stereocenters. The van der Waals surface area contributed by atoms with Gasteiger partial charge in [0.15, 0.2) is 0 Å². The van der Waals surface area contributed by atoms with Gasteiger partial charge in [-0.3, -0.25) is 9.59 Å². The summed E-state index contributed by atoms with van der Waals surface area (Å²) in [5.74, 6) is -0.795. The lowest BCUT2D eigenvalue weighted by molar-refractivity contribution is -0.136. The second kappa shape index (κ2) is 5.01. The largest absolute Gasteiger partial charge is 0.481 e. The summed E-state index contributed by atoms with van der Waals surface area (Å²) >= 11 is 0. The highest BCUT2D eigenvalue weighted by molar-refractivity contribution is 6.05. The highest BCUT2D eigenvalue weighted by Gasteiger charge is 2.38. The van der Waals surface area contributed by atoms with Crippen LogP contribution < -0.4 is 10.6 Å². The van der Waals surface area contributed by atoms with Gasteiger partial charge in [-0.05, 0) is 31.0 Å². The van der Waals surface area contributed by atoms with Gasteiger partial charge in [0.25, 0.3) is 0 Å². The van der Waals surface area contributed by atoms with Crippen LogP contribution in [0.15, 0.2) is 18.2 Å². The summed E-state index contributed by atoms with van der Waals surface area (Å²) in [6.45, 7) is 4.84. The smallest absolute Gasteiger partial charge is 0.304 e. The van der Waals surface area contributed by atoms with E-state index in [-0.39, 0.29) is 12.3 Å². The maximum Gasteiger partial charge on any atom is 0.304 e. The van der Waals surface area contributed by atoms with Crippen molar-refractivity contribution in [2.24, 2.45) is 0 Å². The van der Waals surface area contributed by atoms with Crippen molar-refractivity contribution in [3.05, 3.63) is 29.3 Å². The van der Waals surface area contributed by atoms with E-state index in [1.807, 2.05) is 32.0 Å². The Kier molecular flexibility index (Phi) is 3.57. The fourth-order valence-electron chi connectivity index (χ4n) is 2.16. The molecule has 1 aliphatic heterocycles. The number of carboxylic acids is 1. The molecule has 1 aliphatic rings. The number of fused-ring (bicyclic) bond motifs is 1. The molecule has 0 radical (unpaired) electrons. The van der Waals surface area contributed by atoms with Gasteiger partial charge in [-0.15, -0.1) is 0 Å². The van der Waals surface area contributed by atoms with Crippen LogP contribution in [0, 0.1) is 0 Å². The molecule has 0 fully saturated rings. The molecule has 5 heteroatoms. The number of carboxylic acid groups (broad SMARTS) is 1. The Morgan fingerprint density at radius 1 is 1.42 bits per heavy atom. The van der Waals surface area contributed by atoms with E-state index in [4.69, 9.17) is 5.11 Å². The lowest BCUT2D eigenvalue weighted by atomic mass is 9.85. The molecule has 0 atom stereocenters. The zero-order chi connectivity index (χ0) is 14.0. The van der Waals surface area contributed by atoms with Crippen molar-refractivity contribution in [2.45, 2.75) is 32.2 Å². The van der Waals surface area contributed by atoms with Crippen molar-refractivity contribution < 1.29 is 14.7 Å². The summed E-state index contributed by atoms with van der Waals surface area (Å²) in [7, 11) is 0. The van der Waals surface area contributed by atoms with Gasteiger partial charge >= 0.3 is 5.97 Å². The second-order valence-electron chi connectivity index (χ2n) is 5.28. The van der Waals surface area contributed by atoms with Gasteiger partial charge in [0.2, 0.25) is 5.91 Å². The van der Waals surface area contributed by atoms with Crippen LogP contribution in [0.1, 0.15) is 31.4 Å². The normalized spacial score (nSPS) is 16.0. The van der Waals surface area contributed by atoms with Crippen molar-refractivity contribution in [2.75, 3.05) is 11.9 Å². The Bertz CT molecular complexity index is 523. The summed E-state index contributed by atoms with van der Waals surface area (Å²) in [4.78, 5) is 22.2. The topological polar surface area (TPSA) is 78.4 Å². The van der Waals surface area contributed by atoms with Gasteiger partial charge in [-0.25, -0.2) is 0 Å². The van der Waals surface area contributed by atoms with Crippen molar-refractivity contribution in [1.29, 1.82) is 0 Å². The monoisotopic (exact) mass is 262 g/mol. The van der Waals surface area contributed by atoms with Crippen LogP contribution >= 0.6 is 0 Å². The molecule has 0 saturated heterocycles. The van der Waals surface area contributed by atoms with Crippen LogP contribution in [0.2, 0.25) is 0 Å². The fourth-order valence-corrected chi connectivity index (χ4v) is 2.16. The molecular formula is C14H18N2O3. The molecule has 1 amide bonds. The van der Waals surface area contributed by atoms with E-state index in [2.05, 4.69) is 10.6 Å². The molecule has 5 nitrogen and oxygen atoms in total. The number of hydrogen-bond donors (Lipinski definition) is 3. The molecule has 1 aromatic rings. The fraction of sp³-hybridized carbons (Fsp3) is 0.429. The van der Waals surface area contributed by atoms with Gasteiger partial charge in [-0.1, -0.05) is 12.1 Å². The summed E-state index contributed by atoms with van der Waals surface area (Å²) in [6, 6.07) is 5.84. The molecule has 2 rings (SSSR count). The minimum atomic E-state index is -0.808. The Labute approximate surface area is 112 Å². The molecule has 0 spiro atoms. The number of carbonyl (C=O) groups is 2. The number of benzene rings is 1. The van der Waals surface area contributed by atoms with Crippen LogP contribution in [-0.2, 0) is 21.5 Å². The zero-order valence-electron chi connectivity index (χ0n) is 11.1. The van der Waals surface area contributed by atoms with Crippen molar-refractivity contribution >= 4 is 17.6 Å². The Morgan fingerprint density at radius 2 is 2.16 bits per heavy atom. The molecule has 1 aromatic carbocycles. The van der Waals surface area contributed by atoms with Crippen LogP contribution in [0.25, 0.3) is 0 Å². The molecule has 0 aliphatic carbocycles. The van der Waals surface area contributed by atoms with Crippen molar-refractivity contribution in [3.63, 3.8) is 0 Å². The maximum absolute atomic E-state index is 11.8. The number of nitrogens with one attached hydrogen (secondary N) is 2. The lowest BCUT2D eigenvalue weighted by Gasteiger charge is -2.16. The van der Waals surface area contributed by atoms with E-state index >= 15 is 0 Å². The third-order valence-corrected chi connectivity index (χ3v) is 3.42. The number of anilines is 1. The predicted octanol–water partition coefficient (Wildman–Crippen LogP) is 1.48. The molecule has 3 N–H and O–H groups in total. The minimum absolute atomic E-state index is 0.0125. The van der Waals surface area contributed by atoms with E-state index in [0.29, 0.717) is 13.1 Å². The minimum Gasteiger partial charge on any atom is -0.481 e. The number of carbonyl (C=O) groups excluding carboxylic acids is 1. The maximum atomic E-state index is 11.8. The van der Waals surface area contributed by atoms with Crippen LogP contribution in [0.3, 0.4) is 0 Å². The zero-order valence-corrected chi connectivity index (χ0v) is 11.1. The van der Waals surface area contributed by atoms with Crippen molar-refractivity contribution in [3.8, 4) is 0 Å². The first kappa shape index (κ1) is 13.5. The van der Waals surface area contributed by atoms with Crippen LogP contribution in [0.5, 0.6) is 0 Å².